The van der Waals surface area contributed by atoms with Crippen molar-refractivity contribution in [3.05, 3.63) is 94.4 Å². The molecule has 466 valence electrons. The summed E-state index contributed by atoms with van der Waals surface area (Å²) in [5.41, 5.74) is 12.9. The first kappa shape index (κ1) is 60.9. The molecule has 4 bridgehead atoms. The first-order valence-electron chi connectivity index (χ1n) is 30.7. The number of hydrogen-bond acceptors (Lipinski definition) is 20. The van der Waals surface area contributed by atoms with Gasteiger partial charge in [0, 0.05) is 72.8 Å². The second-order valence-corrected chi connectivity index (χ2v) is 26.7. The number of thiazole rings is 1. The van der Waals surface area contributed by atoms with Gasteiger partial charge in [-0.2, -0.15) is 5.10 Å². The van der Waals surface area contributed by atoms with E-state index in [0.717, 1.165) is 113 Å². The number of amides is 5. The number of likely N-dealkylation sites (N-methyl/N-ethyl adjacent to an activating group) is 1. The molecule has 0 radical (unpaired) electrons. The second-order valence-electron chi connectivity index (χ2n) is 25.6. The first-order valence-corrected chi connectivity index (χ1v) is 31.5. The third kappa shape index (κ3) is 12.7. The number of anilines is 5. The van der Waals surface area contributed by atoms with Crippen molar-refractivity contribution >= 4 is 79.4 Å². The summed E-state index contributed by atoms with van der Waals surface area (Å²) in [6.07, 6.45) is 10.3. The second kappa shape index (κ2) is 25.3. The summed E-state index contributed by atoms with van der Waals surface area (Å²) < 4.78 is 33.3. The van der Waals surface area contributed by atoms with Crippen molar-refractivity contribution in [2.45, 2.75) is 110 Å². The maximum absolute atomic E-state index is 13.3. The molecule has 5 fully saturated rings. The predicted molar refractivity (Wildman–Crippen MR) is 331 cm³/mol. The molecule has 7 heterocycles. The number of nitrogens with two attached hydrogens (primary N) is 1. The van der Waals surface area contributed by atoms with Crippen LogP contribution in [0.4, 0.5) is 28.3 Å². The van der Waals surface area contributed by atoms with E-state index in [1.807, 2.05) is 41.4 Å². The monoisotopic (exact) mass is 1220 g/mol. The van der Waals surface area contributed by atoms with Crippen molar-refractivity contribution in [1.82, 2.24) is 45.1 Å². The Balaban J connectivity index is 0.560. The van der Waals surface area contributed by atoms with Crippen LogP contribution in [0.2, 0.25) is 0 Å². The summed E-state index contributed by atoms with van der Waals surface area (Å²) in [5.74, 6) is -0.787. The number of hydrogen-bond donors (Lipinski definition) is 4. The number of primary amides is 1. The molecule has 23 nitrogen and oxygen atoms in total. The lowest BCUT2D eigenvalue weighted by atomic mass is 9.39. The predicted octanol–water partition coefficient (Wildman–Crippen LogP) is 7.54. The number of para-hydroxylation sites is 1. The van der Waals surface area contributed by atoms with Gasteiger partial charge >= 0.3 is 0 Å². The van der Waals surface area contributed by atoms with Gasteiger partial charge in [0.2, 0.25) is 11.8 Å². The number of benzene rings is 2. The Morgan fingerprint density at radius 1 is 0.784 bits per heavy atom. The molecule has 3 aliphatic heterocycles. The van der Waals surface area contributed by atoms with Crippen molar-refractivity contribution in [1.29, 1.82) is 0 Å². The molecular weight excluding hydrogens is 1140 g/mol. The summed E-state index contributed by atoms with van der Waals surface area (Å²) in [4.78, 5) is 78.8. The summed E-state index contributed by atoms with van der Waals surface area (Å²) in [6.45, 7) is 16.5. The molecule has 4 aromatic heterocycles. The van der Waals surface area contributed by atoms with Gasteiger partial charge in [-0.25, -0.2) is 9.97 Å². The van der Waals surface area contributed by atoms with Gasteiger partial charge in [-0.1, -0.05) is 43.4 Å². The third-order valence-corrected chi connectivity index (χ3v) is 19.4. The van der Waals surface area contributed by atoms with Crippen LogP contribution >= 0.6 is 11.3 Å². The molecule has 4 aliphatic carbocycles. The lowest BCUT2D eigenvalue weighted by Gasteiger charge is -2.69. The van der Waals surface area contributed by atoms with Gasteiger partial charge in [-0.05, 0) is 131 Å². The molecular formula is C64H79N13O10S. The number of carbonyl (C=O) groups excluding carboxylic acids is 5. The number of aromatic nitrogens is 6. The average molecular weight is 1220 g/mol. The van der Waals surface area contributed by atoms with Crippen LogP contribution in [0.15, 0.2) is 60.8 Å². The SMILES string of the molecule is Cc1c(Nc2nc3ccccc3s2)nnc2c1CCCN2c1ccc(-c2cnn(CC34CC5(C)CC(C)(C3)CC(OCCN(C)CCOCCOCCOCCOCCNc3cccc6c3C(=O)N(C3CCC(=O)NC3=O)C6=O)(C5)C4)c2C)c(C(N)=O)n1. The minimum atomic E-state index is -1.02. The van der Waals surface area contributed by atoms with E-state index in [-0.39, 0.29) is 51.5 Å². The number of ether oxygens (including phenoxy) is 5. The van der Waals surface area contributed by atoms with E-state index in [4.69, 9.17) is 49.6 Å². The fourth-order valence-electron chi connectivity index (χ4n) is 15.7. The van der Waals surface area contributed by atoms with Gasteiger partial charge in [0.05, 0.1) is 92.6 Å². The summed E-state index contributed by atoms with van der Waals surface area (Å²) in [5, 5.41) is 23.9. The van der Waals surface area contributed by atoms with E-state index in [1.54, 1.807) is 29.5 Å². The topological polar surface area (TPSA) is 273 Å². The Labute approximate surface area is 515 Å². The number of piperidine rings is 1. The number of fused-ring (bicyclic) bond motifs is 3. The van der Waals surface area contributed by atoms with Crippen LogP contribution in [0.3, 0.4) is 0 Å². The molecule has 3 unspecified atom stereocenters. The Hall–Kier alpha value is -7.32. The van der Waals surface area contributed by atoms with E-state index in [2.05, 4.69) is 71.4 Å². The van der Waals surface area contributed by atoms with Gasteiger partial charge < -0.3 is 49.9 Å². The van der Waals surface area contributed by atoms with E-state index >= 15 is 0 Å². The molecule has 0 spiro atoms. The molecule has 6 aromatic rings. The smallest absolute Gasteiger partial charge is 0.268 e. The number of pyridine rings is 1. The van der Waals surface area contributed by atoms with Crippen LogP contribution in [0.25, 0.3) is 21.3 Å². The third-order valence-electron chi connectivity index (χ3n) is 18.5. The van der Waals surface area contributed by atoms with Gasteiger partial charge in [0.1, 0.15) is 17.6 Å². The number of nitrogens with zero attached hydrogens (tertiary/aromatic N) is 9. The zero-order valence-corrected chi connectivity index (χ0v) is 51.7. The highest BCUT2D eigenvalue weighted by Gasteiger charge is 2.66. The van der Waals surface area contributed by atoms with E-state index in [9.17, 15) is 24.0 Å². The fourth-order valence-corrected chi connectivity index (χ4v) is 16.6. The summed E-state index contributed by atoms with van der Waals surface area (Å²) >= 11 is 1.58. The number of rotatable bonds is 28. The normalized spacial score (nSPS) is 23.8. The Bertz CT molecular complexity index is 3600. The van der Waals surface area contributed by atoms with Crippen molar-refractivity contribution in [3.63, 3.8) is 0 Å². The van der Waals surface area contributed by atoms with Crippen molar-refractivity contribution in [2.24, 2.45) is 22.0 Å². The van der Waals surface area contributed by atoms with Gasteiger partial charge in [0.25, 0.3) is 17.7 Å². The molecule has 7 aliphatic rings. The van der Waals surface area contributed by atoms with Crippen LogP contribution in [0, 0.1) is 30.1 Å². The fraction of sp³-hybridized carbons (Fsp3) is 0.531. The standard InChI is InChI=1S/C64H79N13O10S/c1-40-42-11-9-20-75(56(42)73-72-55(40)71-60-68-46-12-6-7-14-49(46)88-60)50-17-15-43(53(69-50)54(65)79)45-32-67-76(41(45)2)39-63-34-61(3)33-62(4,35-63)37-64(36-61,38-63)87-25-22-74(5)21-24-84-27-29-86-31-30-85-28-26-83-23-19-66-47-13-8-10-44-52(47)59(82)77(58(44)81)48-16-18-51(78)70-57(48)80/h6-8,10,12-15,17,32,48,66H,9,11,16,18-31,33-39H2,1-5H3,(H2,65,79)(H,68,71,72)(H,70,78,80). The lowest BCUT2D eigenvalue weighted by molar-refractivity contribution is -0.248. The summed E-state index contributed by atoms with van der Waals surface area (Å²) in [6, 6.07) is 15.9. The van der Waals surface area contributed by atoms with Crippen LogP contribution < -0.4 is 26.6 Å². The van der Waals surface area contributed by atoms with E-state index in [1.165, 1.54) is 6.42 Å². The van der Waals surface area contributed by atoms with Crippen LogP contribution in [0.1, 0.15) is 120 Å². The van der Waals surface area contributed by atoms with E-state index in [0.29, 0.717) is 95.4 Å². The van der Waals surface area contributed by atoms with Crippen LogP contribution in [-0.4, -0.2) is 174 Å². The molecule has 3 atom stereocenters. The highest BCUT2D eigenvalue weighted by molar-refractivity contribution is 7.22. The lowest BCUT2D eigenvalue weighted by Crippen LogP contribution is -2.64. The summed E-state index contributed by atoms with van der Waals surface area (Å²) in [7, 11) is 2.11. The molecule has 5 N–H and O–H groups in total. The molecule has 5 amide bonds. The zero-order valence-electron chi connectivity index (χ0n) is 50.9. The maximum atomic E-state index is 13.3. The first-order chi connectivity index (χ1) is 42.4. The van der Waals surface area contributed by atoms with Crippen LogP contribution in [-0.2, 0) is 46.2 Å². The molecule has 2 aromatic carbocycles. The molecule has 88 heavy (non-hydrogen) atoms. The number of imide groups is 2. The van der Waals surface area contributed by atoms with Crippen molar-refractivity contribution < 1.29 is 47.7 Å². The highest BCUT2D eigenvalue weighted by atomic mass is 32.1. The highest BCUT2D eigenvalue weighted by Crippen LogP contribution is 2.72. The quantitative estimate of drug-likeness (QED) is 0.0273. The van der Waals surface area contributed by atoms with Crippen molar-refractivity contribution in [3.8, 4) is 11.1 Å². The maximum Gasteiger partial charge on any atom is 0.268 e. The molecule has 4 saturated carbocycles. The van der Waals surface area contributed by atoms with E-state index < -0.39 is 35.6 Å². The van der Waals surface area contributed by atoms with Crippen LogP contribution in [0.5, 0.6) is 0 Å². The minimum absolute atomic E-state index is 0.00251. The van der Waals surface area contributed by atoms with Gasteiger partial charge in [0.15, 0.2) is 16.8 Å². The Morgan fingerprint density at radius 2 is 1.51 bits per heavy atom. The number of nitrogens with one attached hydrogen (secondary N) is 3. The molecule has 1 saturated heterocycles. The minimum Gasteiger partial charge on any atom is -0.382 e. The zero-order chi connectivity index (χ0) is 61.4. The van der Waals surface area contributed by atoms with Gasteiger partial charge in [-0.3, -0.25) is 38.9 Å². The van der Waals surface area contributed by atoms with Crippen molar-refractivity contribution in [2.75, 3.05) is 108 Å². The van der Waals surface area contributed by atoms with Gasteiger partial charge in [-0.15, -0.1) is 10.2 Å². The average Bonchev–Trinajstić information content (AvgIpc) is 0.840. The molecule has 13 rings (SSSR count). The largest absolute Gasteiger partial charge is 0.382 e. The number of carbonyl (C=O) groups is 5. The molecule has 24 heteroatoms. The Morgan fingerprint density at radius 3 is 2.25 bits per heavy atom. The Kier molecular flexibility index (Phi) is 17.5.